The summed E-state index contributed by atoms with van der Waals surface area (Å²) in [6.45, 7) is 3.86. The van der Waals surface area contributed by atoms with Gasteiger partial charge in [-0.25, -0.2) is 12.4 Å². The molecule has 1 aliphatic heterocycles. The quantitative estimate of drug-likeness (QED) is 0.778. The minimum absolute atomic E-state index is 0.326. The van der Waals surface area contributed by atoms with E-state index in [-0.39, 0.29) is 0 Å². The maximum absolute atomic E-state index is 13.1. The molecule has 1 N–H and O–H groups in total. The van der Waals surface area contributed by atoms with Gasteiger partial charge in [0.1, 0.15) is 12.4 Å². The largest absolute Gasteiger partial charge is 0.492 e. The summed E-state index contributed by atoms with van der Waals surface area (Å²) in [4.78, 5) is 0.326. The lowest BCUT2D eigenvalue weighted by molar-refractivity contribution is 0.326. The van der Waals surface area contributed by atoms with Gasteiger partial charge < -0.3 is 10.1 Å². The molecule has 0 saturated heterocycles. The van der Waals surface area contributed by atoms with E-state index in [9.17, 15) is 8.42 Å². The zero-order valence-corrected chi connectivity index (χ0v) is 14.1. The highest BCUT2D eigenvalue weighted by atomic mass is 32.2. The van der Waals surface area contributed by atoms with Gasteiger partial charge in [-0.15, -0.1) is 0 Å². The molecule has 0 spiro atoms. The van der Waals surface area contributed by atoms with Crippen molar-refractivity contribution < 1.29 is 13.2 Å². The number of aromatic nitrogens is 1. The monoisotopic (exact) mass is 342 g/mol. The zero-order valence-electron chi connectivity index (χ0n) is 13.3. The van der Waals surface area contributed by atoms with Crippen LogP contribution in [0.2, 0.25) is 0 Å². The van der Waals surface area contributed by atoms with Gasteiger partial charge in [0.25, 0.3) is 10.0 Å². The number of rotatable bonds is 2. The maximum atomic E-state index is 13.1. The van der Waals surface area contributed by atoms with Crippen molar-refractivity contribution in [3.8, 4) is 5.75 Å². The van der Waals surface area contributed by atoms with Gasteiger partial charge >= 0.3 is 0 Å². The van der Waals surface area contributed by atoms with Crippen molar-refractivity contribution in [3.63, 3.8) is 0 Å². The van der Waals surface area contributed by atoms with Crippen LogP contribution in [0.3, 0.4) is 0 Å². The molecule has 1 aliphatic rings. The van der Waals surface area contributed by atoms with E-state index in [1.165, 1.54) is 3.97 Å². The highest BCUT2D eigenvalue weighted by molar-refractivity contribution is 7.90. The second kappa shape index (κ2) is 5.65. The molecule has 5 nitrogen and oxygen atoms in total. The van der Waals surface area contributed by atoms with E-state index in [1.807, 2.05) is 37.3 Å². The van der Waals surface area contributed by atoms with Gasteiger partial charge in [-0.05, 0) is 36.8 Å². The van der Waals surface area contributed by atoms with E-state index in [0.29, 0.717) is 23.6 Å². The predicted molar refractivity (Wildman–Crippen MR) is 92.9 cm³/mol. The fourth-order valence-electron chi connectivity index (χ4n) is 3.16. The third-order valence-electron chi connectivity index (χ3n) is 4.37. The van der Waals surface area contributed by atoms with E-state index < -0.39 is 10.0 Å². The van der Waals surface area contributed by atoms with Crippen LogP contribution in [0.5, 0.6) is 5.75 Å². The third-order valence-corrected chi connectivity index (χ3v) is 6.22. The molecule has 1 aromatic heterocycles. The molecule has 0 bridgehead atoms. The summed E-state index contributed by atoms with van der Waals surface area (Å²) >= 11 is 0. The van der Waals surface area contributed by atoms with Crippen molar-refractivity contribution in [1.29, 1.82) is 0 Å². The van der Waals surface area contributed by atoms with Crippen LogP contribution in [0, 0.1) is 6.92 Å². The van der Waals surface area contributed by atoms with E-state index in [0.717, 1.165) is 28.8 Å². The Bertz CT molecular complexity index is 1020. The van der Waals surface area contributed by atoms with Crippen molar-refractivity contribution >= 4 is 20.9 Å². The highest BCUT2D eigenvalue weighted by Gasteiger charge is 2.22. The van der Waals surface area contributed by atoms with Gasteiger partial charge in [-0.1, -0.05) is 18.2 Å². The van der Waals surface area contributed by atoms with Crippen LogP contribution in [-0.2, 0) is 16.6 Å². The molecule has 3 aromatic rings. The first-order chi connectivity index (χ1) is 11.6. The normalized spacial score (nSPS) is 14.9. The standard InChI is InChI=1S/C18H18N2O3S/c1-13-4-2-3-5-18(13)24(21,22)20-10-8-14-15-12-19-9-11-23-17(15)7-6-16(14)20/h2-8,10,19H,9,11-12H2,1H3. The summed E-state index contributed by atoms with van der Waals surface area (Å²) in [6.07, 6.45) is 1.62. The highest BCUT2D eigenvalue weighted by Crippen LogP contribution is 2.32. The maximum Gasteiger partial charge on any atom is 0.268 e. The predicted octanol–water partition coefficient (Wildman–Crippen LogP) is 2.67. The molecule has 0 atom stereocenters. The molecule has 6 heteroatoms. The number of hydrogen-bond acceptors (Lipinski definition) is 4. The Morgan fingerprint density at radius 2 is 1.96 bits per heavy atom. The van der Waals surface area contributed by atoms with Gasteiger partial charge in [0.2, 0.25) is 0 Å². The van der Waals surface area contributed by atoms with Gasteiger partial charge in [0, 0.05) is 30.2 Å². The van der Waals surface area contributed by atoms with E-state index in [2.05, 4.69) is 5.32 Å². The molecular formula is C18H18N2O3S. The van der Waals surface area contributed by atoms with Crippen LogP contribution < -0.4 is 10.1 Å². The molecule has 124 valence electrons. The van der Waals surface area contributed by atoms with Crippen molar-refractivity contribution in [2.24, 2.45) is 0 Å². The average Bonchev–Trinajstić information content (AvgIpc) is 2.87. The van der Waals surface area contributed by atoms with Crippen LogP contribution in [0.15, 0.2) is 53.6 Å². The summed E-state index contributed by atoms with van der Waals surface area (Å²) in [5.41, 5.74) is 2.41. The molecule has 0 aliphatic carbocycles. The molecule has 2 heterocycles. The summed E-state index contributed by atoms with van der Waals surface area (Å²) in [5.74, 6) is 0.818. The fourth-order valence-corrected chi connectivity index (χ4v) is 4.74. The first-order valence-corrected chi connectivity index (χ1v) is 9.31. The first-order valence-electron chi connectivity index (χ1n) is 7.87. The molecule has 0 amide bonds. The topological polar surface area (TPSA) is 60.3 Å². The summed E-state index contributed by atoms with van der Waals surface area (Å²) in [6, 6.07) is 12.6. The second-order valence-electron chi connectivity index (χ2n) is 5.88. The van der Waals surface area contributed by atoms with Gasteiger partial charge in [0.05, 0.1) is 10.4 Å². The molecule has 4 rings (SSSR count). The van der Waals surface area contributed by atoms with Crippen LogP contribution >= 0.6 is 0 Å². The summed E-state index contributed by atoms with van der Waals surface area (Å²) in [5, 5.41) is 4.20. The van der Waals surface area contributed by atoms with Gasteiger partial charge in [0.15, 0.2) is 0 Å². The van der Waals surface area contributed by atoms with Gasteiger partial charge in [-0.3, -0.25) is 0 Å². The molecule has 0 saturated carbocycles. The molecular weight excluding hydrogens is 324 g/mol. The van der Waals surface area contributed by atoms with Crippen molar-refractivity contribution in [2.45, 2.75) is 18.4 Å². The average molecular weight is 342 g/mol. The Labute approximate surface area is 140 Å². The lowest BCUT2D eigenvalue weighted by Crippen LogP contribution is -2.16. The fraction of sp³-hybridized carbons (Fsp3) is 0.222. The lowest BCUT2D eigenvalue weighted by atomic mass is 10.1. The number of nitrogens with zero attached hydrogens (tertiary/aromatic N) is 1. The Kier molecular flexibility index (Phi) is 3.58. The van der Waals surface area contributed by atoms with Crippen molar-refractivity contribution in [1.82, 2.24) is 9.29 Å². The Balaban J connectivity index is 1.93. The minimum atomic E-state index is -3.63. The number of aryl methyl sites for hydroxylation is 1. The zero-order chi connectivity index (χ0) is 16.7. The Morgan fingerprint density at radius 1 is 1.12 bits per heavy atom. The number of fused-ring (bicyclic) bond motifs is 3. The second-order valence-corrected chi connectivity index (χ2v) is 7.67. The first kappa shape index (κ1) is 15.2. The van der Waals surface area contributed by atoms with E-state index in [1.54, 1.807) is 18.3 Å². The molecule has 2 aromatic carbocycles. The number of ether oxygens (including phenoxy) is 1. The Hall–Kier alpha value is -2.31. The lowest BCUT2D eigenvalue weighted by Gasteiger charge is -2.12. The van der Waals surface area contributed by atoms with Crippen LogP contribution in [0.25, 0.3) is 10.9 Å². The van der Waals surface area contributed by atoms with Crippen molar-refractivity contribution in [2.75, 3.05) is 13.2 Å². The smallest absolute Gasteiger partial charge is 0.268 e. The van der Waals surface area contributed by atoms with Crippen LogP contribution in [0.4, 0.5) is 0 Å². The van der Waals surface area contributed by atoms with E-state index in [4.69, 9.17) is 4.74 Å². The molecule has 0 unspecified atom stereocenters. The van der Waals surface area contributed by atoms with E-state index >= 15 is 0 Å². The van der Waals surface area contributed by atoms with Crippen LogP contribution in [-0.4, -0.2) is 25.5 Å². The Morgan fingerprint density at radius 3 is 2.79 bits per heavy atom. The third kappa shape index (κ3) is 2.30. The SMILES string of the molecule is Cc1ccccc1S(=O)(=O)n1ccc2c3c(ccc21)OCCNC3. The number of hydrogen-bond donors (Lipinski definition) is 1. The summed E-state index contributed by atoms with van der Waals surface area (Å²) < 4.78 is 33.3. The number of nitrogens with one attached hydrogen (secondary N) is 1. The molecule has 0 radical (unpaired) electrons. The summed E-state index contributed by atoms with van der Waals surface area (Å²) in [7, 11) is -3.63. The number of benzene rings is 2. The minimum Gasteiger partial charge on any atom is -0.492 e. The van der Waals surface area contributed by atoms with Gasteiger partial charge in [-0.2, -0.15) is 0 Å². The molecule has 0 fully saturated rings. The molecule has 24 heavy (non-hydrogen) atoms. The van der Waals surface area contributed by atoms with Crippen LogP contribution in [0.1, 0.15) is 11.1 Å². The van der Waals surface area contributed by atoms with Crippen molar-refractivity contribution in [3.05, 3.63) is 59.8 Å².